The second kappa shape index (κ2) is 6.60. The van der Waals surface area contributed by atoms with Gasteiger partial charge in [-0.25, -0.2) is 0 Å². The van der Waals surface area contributed by atoms with Crippen molar-refractivity contribution in [3.05, 3.63) is 58.0 Å². The maximum atomic E-state index is 12.0. The predicted molar refractivity (Wildman–Crippen MR) is 103 cm³/mol. The number of ether oxygens (including phenoxy) is 1. The average Bonchev–Trinajstić information content (AvgIpc) is 2.79. The summed E-state index contributed by atoms with van der Waals surface area (Å²) in [6.45, 7) is 10.4. The van der Waals surface area contributed by atoms with E-state index in [0.717, 1.165) is 16.7 Å². The molecule has 6 heteroatoms. The largest absolute Gasteiger partial charge is 0.494 e. The number of aromatic nitrogens is 1. The molecule has 26 heavy (non-hydrogen) atoms. The summed E-state index contributed by atoms with van der Waals surface area (Å²) in [4.78, 5) is 12.0. The molecule has 1 saturated heterocycles. The second-order valence-corrected chi connectivity index (χ2v) is 7.82. The summed E-state index contributed by atoms with van der Waals surface area (Å²) >= 11 is 0. The highest BCUT2D eigenvalue weighted by Gasteiger charge is 2.51. The van der Waals surface area contributed by atoms with Crippen molar-refractivity contribution >= 4 is 12.6 Å². The van der Waals surface area contributed by atoms with Gasteiger partial charge in [0.25, 0.3) is 0 Å². The maximum absolute atomic E-state index is 12.0. The molecule has 5 nitrogen and oxygen atoms in total. The van der Waals surface area contributed by atoms with Gasteiger partial charge in [0, 0.05) is 19.3 Å². The maximum Gasteiger partial charge on any atom is 0.494 e. The van der Waals surface area contributed by atoms with Crippen molar-refractivity contribution in [1.82, 2.24) is 4.57 Å². The van der Waals surface area contributed by atoms with Gasteiger partial charge in [-0.3, -0.25) is 4.79 Å². The Morgan fingerprint density at radius 1 is 1.04 bits per heavy atom. The zero-order valence-electron chi connectivity index (χ0n) is 16.3. The smallest absolute Gasteiger partial charge is 0.483 e. The van der Waals surface area contributed by atoms with Crippen LogP contribution in [-0.4, -0.2) is 22.9 Å². The van der Waals surface area contributed by atoms with E-state index in [1.165, 1.54) is 6.07 Å². The molecule has 2 heterocycles. The molecule has 0 spiro atoms. The molecule has 0 unspecified atom stereocenters. The van der Waals surface area contributed by atoms with Gasteiger partial charge in [0.15, 0.2) is 5.75 Å². The normalized spacial score (nSPS) is 18.2. The van der Waals surface area contributed by atoms with Gasteiger partial charge in [0.05, 0.1) is 16.9 Å². The Balaban J connectivity index is 1.70. The molecule has 0 aliphatic carbocycles. The summed E-state index contributed by atoms with van der Waals surface area (Å²) in [6, 6.07) is 9.43. The van der Waals surface area contributed by atoms with Crippen molar-refractivity contribution in [2.75, 3.05) is 0 Å². The Kier molecular flexibility index (Phi) is 4.75. The average molecular weight is 355 g/mol. The van der Waals surface area contributed by atoms with Crippen LogP contribution in [-0.2, 0) is 23.0 Å². The fraction of sp³-hybridized carbons (Fsp3) is 0.450. The number of benzene rings is 1. The van der Waals surface area contributed by atoms with E-state index in [0.29, 0.717) is 12.4 Å². The molecule has 0 N–H and O–H groups in total. The first-order valence-corrected chi connectivity index (χ1v) is 8.84. The van der Waals surface area contributed by atoms with Gasteiger partial charge in [0.1, 0.15) is 6.61 Å². The predicted octanol–water partition coefficient (Wildman–Crippen LogP) is 2.57. The summed E-state index contributed by atoms with van der Waals surface area (Å²) in [7, 11) is 1.51. The molecule has 0 atom stereocenters. The number of nitrogens with zero attached hydrogens (tertiary/aromatic N) is 1. The number of hydrogen-bond donors (Lipinski definition) is 0. The highest BCUT2D eigenvalue weighted by molar-refractivity contribution is 6.62. The van der Waals surface area contributed by atoms with Crippen molar-refractivity contribution in [3.63, 3.8) is 0 Å². The van der Waals surface area contributed by atoms with E-state index in [1.807, 2.05) is 70.5 Å². The first kappa shape index (κ1) is 18.7. The molecule has 0 bridgehead atoms. The van der Waals surface area contributed by atoms with Crippen molar-refractivity contribution in [1.29, 1.82) is 0 Å². The van der Waals surface area contributed by atoms with Crippen LogP contribution in [0.4, 0.5) is 0 Å². The van der Waals surface area contributed by atoms with E-state index >= 15 is 0 Å². The monoisotopic (exact) mass is 355 g/mol. The van der Waals surface area contributed by atoms with Gasteiger partial charge in [-0.05, 0) is 45.6 Å². The summed E-state index contributed by atoms with van der Waals surface area (Å²) in [5.74, 6) is 0.394. The lowest BCUT2D eigenvalue weighted by atomic mass is 9.79. The molecule has 2 aromatic rings. The fourth-order valence-electron chi connectivity index (χ4n) is 2.79. The van der Waals surface area contributed by atoms with Gasteiger partial charge < -0.3 is 18.6 Å². The van der Waals surface area contributed by atoms with Crippen LogP contribution in [0.1, 0.15) is 39.0 Å². The molecule has 1 fully saturated rings. The Morgan fingerprint density at radius 3 is 2.19 bits per heavy atom. The quantitative estimate of drug-likeness (QED) is 0.791. The Bertz CT molecular complexity index is 839. The molecule has 3 rings (SSSR count). The number of hydrogen-bond acceptors (Lipinski definition) is 4. The number of pyridine rings is 1. The molecule has 0 amide bonds. The minimum absolute atomic E-state index is 0.102. The van der Waals surface area contributed by atoms with Crippen molar-refractivity contribution < 1.29 is 14.0 Å². The first-order valence-electron chi connectivity index (χ1n) is 8.84. The standard InChI is InChI=1S/C20H26BNO4/c1-14-18(17(23)11-12-22(14)6)24-13-15-7-9-16(10-8-15)21-25-19(2,3)20(4,5)26-21/h7-12H,13H2,1-6H3. The van der Waals surface area contributed by atoms with Crippen LogP contribution in [0.5, 0.6) is 5.75 Å². The third-order valence-corrected chi connectivity index (χ3v) is 5.42. The fourth-order valence-corrected chi connectivity index (χ4v) is 2.79. The van der Waals surface area contributed by atoms with Crippen molar-refractivity contribution in [2.45, 2.75) is 52.4 Å². The topological polar surface area (TPSA) is 49.7 Å². The van der Waals surface area contributed by atoms with Gasteiger partial charge in [-0.2, -0.15) is 0 Å². The lowest BCUT2D eigenvalue weighted by Crippen LogP contribution is -2.41. The molecule has 0 saturated carbocycles. The van der Waals surface area contributed by atoms with Crippen molar-refractivity contribution in [2.24, 2.45) is 7.05 Å². The van der Waals surface area contributed by atoms with Crippen LogP contribution < -0.4 is 15.6 Å². The molecule has 1 aliphatic rings. The molecule has 1 aromatic heterocycles. The van der Waals surface area contributed by atoms with E-state index in [9.17, 15) is 4.79 Å². The summed E-state index contributed by atoms with van der Waals surface area (Å²) in [6.07, 6.45) is 1.74. The van der Waals surface area contributed by atoms with Gasteiger partial charge in [-0.1, -0.05) is 24.3 Å². The Morgan fingerprint density at radius 2 is 1.62 bits per heavy atom. The molecule has 1 aliphatic heterocycles. The molecule has 1 aromatic carbocycles. The summed E-state index contributed by atoms with van der Waals surface area (Å²) in [5.41, 5.74) is 1.95. The molecular weight excluding hydrogens is 329 g/mol. The van der Waals surface area contributed by atoms with E-state index in [-0.39, 0.29) is 23.7 Å². The van der Waals surface area contributed by atoms with Crippen LogP contribution >= 0.6 is 0 Å². The Labute approximate surface area is 155 Å². The van der Waals surface area contributed by atoms with E-state index in [1.54, 1.807) is 6.20 Å². The van der Waals surface area contributed by atoms with Gasteiger partial charge in [-0.15, -0.1) is 0 Å². The number of rotatable bonds is 4. The van der Waals surface area contributed by atoms with Crippen LogP contribution in [0.3, 0.4) is 0 Å². The highest BCUT2D eigenvalue weighted by atomic mass is 16.7. The first-order chi connectivity index (χ1) is 12.1. The third kappa shape index (κ3) is 3.44. The van der Waals surface area contributed by atoms with Crippen LogP contribution in [0, 0.1) is 6.92 Å². The van der Waals surface area contributed by atoms with Crippen LogP contribution in [0.15, 0.2) is 41.3 Å². The molecule has 138 valence electrons. The molecular formula is C20H26BNO4. The van der Waals surface area contributed by atoms with Gasteiger partial charge in [0.2, 0.25) is 5.43 Å². The van der Waals surface area contributed by atoms with Gasteiger partial charge >= 0.3 is 7.12 Å². The third-order valence-electron chi connectivity index (χ3n) is 5.42. The Hall–Kier alpha value is -2.05. The van der Waals surface area contributed by atoms with Crippen molar-refractivity contribution in [3.8, 4) is 5.75 Å². The minimum Gasteiger partial charge on any atom is -0.483 e. The van der Waals surface area contributed by atoms with Crippen LogP contribution in [0.25, 0.3) is 0 Å². The zero-order chi connectivity index (χ0) is 19.1. The SMILES string of the molecule is Cc1c(OCc2ccc(B3OC(C)(C)C(C)(C)O3)cc2)c(=O)ccn1C. The lowest BCUT2D eigenvalue weighted by molar-refractivity contribution is 0.00578. The van der Waals surface area contributed by atoms with E-state index < -0.39 is 0 Å². The van der Waals surface area contributed by atoms with Crippen LogP contribution in [0.2, 0.25) is 0 Å². The van der Waals surface area contributed by atoms with E-state index in [4.69, 9.17) is 14.0 Å². The highest BCUT2D eigenvalue weighted by Crippen LogP contribution is 2.36. The molecule has 0 radical (unpaired) electrons. The lowest BCUT2D eigenvalue weighted by Gasteiger charge is -2.32. The number of aryl methyl sites for hydroxylation is 1. The van der Waals surface area contributed by atoms with E-state index in [2.05, 4.69) is 0 Å². The summed E-state index contributed by atoms with van der Waals surface area (Å²) in [5, 5.41) is 0. The second-order valence-electron chi connectivity index (χ2n) is 7.82. The zero-order valence-corrected chi connectivity index (χ0v) is 16.3. The minimum atomic E-state index is -0.376. The summed E-state index contributed by atoms with van der Waals surface area (Å²) < 4.78 is 19.8.